The van der Waals surface area contributed by atoms with E-state index in [1.165, 1.54) is 6.07 Å². The van der Waals surface area contributed by atoms with Crippen LogP contribution < -0.4 is 5.32 Å². The molecule has 2 nitrogen and oxygen atoms in total. The summed E-state index contributed by atoms with van der Waals surface area (Å²) in [5, 5.41) is 3.33. The molecule has 0 amide bonds. The van der Waals surface area contributed by atoms with Gasteiger partial charge in [-0.3, -0.25) is 0 Å². The predicted molar refractivity (Wildman–Crippen MR) is 73.0 cm³/mol. The molecule has 1 N–H and O–H groups in total. The fourth-order valence-electron chi connectivity index (χ4n) is 1.58. The molecular formula is C13H19BrFNO. The third kappa shape index (κ3) is 3.96. The molecule has 0 saturated heterocycles. The maximum atomic E-state index is 13.5. The first-order valence-electron chi connectivity index (χ1n) is 5.66. The van der Waals surface area contributed by atoms with Crippen molar-refractivity contribution in [3.63, 3.8) is 0 Å². The van der Waals surface area contributed by atoms with Crippen molar-refractivity contribution in [2.24, 2.45) is 5.92 Å². The lowest BCUT2D eigenvalue weighted by Gasteiger charge is -2.24. The van der Waals surface area contributed by atoms with Gasteiger partial charge in [-0.15, -0.1) is 0 Å². The Bertz CT molecular complexity index is 382. The predicted octanol–water partition coefficient (Wildman–Crippen LogP) is 3.98. The summed E-state index contributed by atoms with van der Waals surface area (Å²) in [6.07, 6.45) is 0. The Hall–Kier alpha value is -0.610. The summed E-state index contributed by atoms with van der Waals surface area (Å²) in [5.41, 5.74) is 1.83. The van der Waals surface area contributed by atoms with Gasteiger partial charge in [0.15, 0.2) is 0 Å². The maximum Gasteiger partial charge on any atom is 0.139 e. The van der Waals surface area contributed by atoms with Gasteiger partial charge in [0.05, 0.1) is 17.1 Å². The summed E-state index contributed by atoms with van der Waals surface area (Å²) in [6.45, 7) is 6.79. The first-order valence-corrected chi connectivity index (χ1v) is 6.46. The van der Waals surface area contributed by atoms with E-state index in [1.807, 2.05) is 6.92 Å². The molecule has 0 fully saturated rings. The van der Waals surface area contributed by atoms with Crippen LogP contribution in [0.5, 0.6) is 0 Å². The minimum Gasteiger partial charge on any atom is -0.383 e. The molecule has 1 aromatic rings. The smallest absolute Gasteiger partial charge is 0.139 e. The number of hydrogen-bond donors (Lipinski definition) is 1. The van der Waals surface area contributed by atoms with Crippen LogP contribution in [0.25, 0.3) is 0 Å². The van der Waals surface area contributed by atoms with E-state index in [0.717, 1.165) is 11.3 Å². The Morgan fingerprint density at radius 2 is 2.06 bits per heavy atom. The lowest BCUT2D eigenvalue weighted by Crippen LogP contribution is -2.30. The highest BCUT2D eigenvalue weighted by atomic mass is 79.9. The summed E-state index contributed by atoms with van der Waals surface area (Å²) in [5.74, 6) is 0.166. The van der Waals surface area contributed by atoms with Crippen molar-refractivity contribution in [3.05, 3.63) is 28.0 Å². The van der Waals surface area contributed by atoms with Crippen molar-refractivity contribution < 1.29 is 9.13 Å². The molecule has 1 unspecified atom stereocenters. The van der Waals surface area contributed by atoms with Crippen LogP contribution in [0.1, 0.15) is 19.4 Å². The molecule has 4 heteroatoms. The number of methoxy groups -OCH3 is 1. The summed E-state index contributed by atoms with van der Waals surface area (Å²) in [4.78, 5) is 0. The van der Waals surface area contributed by atoms with Crippen LogP contribution in [0.2, 0.25) is 0 Å². The van der Waals surface area contributed by atoms with Crippen LogP contribution >= 0.6 is 15.9 Å². The third-order valence-electron chi connectivity index (χ3n) is 2.76. The van der Waals surface area contributed by atoms with Gasteiger partial charge >= 0.3 is 0 Å². The zero-order valence-electron chi connectivity index (χ0n) is 10.7. The molecule has 96 valence electrons. The Morgan fingerprint density at radius 3 is 2.59 bits per heavy atom. The lowest BCUT2D eigenvalue weighted by molar-refractivity contribution is 0.171. The molecule has 0 aliphatic carbocycles. The minimum absolute atomic E-state index is 0.180. The Morgan fingerprint density at radius 1 is 1.41 bits per heavy atom. The van der Waals surface area contributed by atoms with Crippen LogP contribution in [0.4, 0.5) is 10.1 Å². The molecule has 1 aromatic carbocycles. The van der Waals surface area contributed by atoms with E-state index in [-0.39, 0.29) is 11.9 Å². The minimum atomic E-state index is -0.252. The molecule has 0 spiro atoms. The van der Waals surface area contributed by atoms with E-state index >= 15 is 0 Å². The SMILES string of the molecule is COCC(Nc1cc(F)c(Br)cc1C)C(C)C. The molecule has 0 saturated carbocycles. The highest BCUT2D eigenvalue weighted by Gasteiger charge is 2.15. The highest BCUT2D eigenvalue weighted by molar-refractivity contribution is 9.10. The monoisotopic (exact) mass is 303 g/mol. The molecule has 0 bridgehead atoms. The molecule has 0 aliphatic rings. The molecule has 0 radical (unpaired) electrons. The lowest BCUT2D eigenvalue weighted by atomic mass is 10.0. The van der Waals surface area contributed by atoms with E-state index in [1.54, 1.807) is 13.2 Å². The molecule has 17 heavy (non-hydrogen) atoms. The summed E-state index contributed by atoms with van der Waals surface area (Å²) in [6, 6.07) is 3.48. The highest BCUT2D eigenvalue weighted by Crippen LogP contribution is 2.25. The Balaban J connectivity index is 2.89. The summed E-state index contributed by atoms with van der Waals surface area (Å²) >= 11 is 3.18. The van der Waals surface area contributed by atoms with Gasteiger partial charge in [0.2, 0.25) is 0 Å². The normalized spacial score (nSPS) is 12.9. The number of rotatable bonds is 5. The standard InChI is InChI=1S/C13H19BrFNO/c1-8(2)13(7-17-4)16-12-6-11(15)10(14)5-9(12)3/h5-6,8,13,16H,7H2,1-4H3. The van der Waals surface area contributed by atoms with Crippen molar-refractivity contribution in [2.75, 3.05) is 19.0 Å². The van der Waals surface area contributed by atoms with Gasteiger partial charge in [-0.2, -0.15) is 0 Å². The van der Waals surface area contributed by atoms with E-state index in [2.05, 4.69) is 35.1 Å². The van der Waals surface area contributed by atoms with Crippen molar-refractivity contribution in [1.82, 2.24) is 0 Å². The molecule has 1 atom stereocenters. The maximum absolute atomic E-state index is 13.5. The average molecular weight is 304 g/mol. The fourth-order valence-corrected chi connectivity index (χ4v) is 2.04. The van der Waals surface area contributed by atoms with Gasteiger partial charge in [-0.05, 0) is 46.5 Å². The van der Waals surface area contributed by atoms with Gasteiger partial charge in [0.25, 0.3) is 0 Å². The molecular weight excluding hydrogens is 285 g/mol. The molecule has 0 aromatic heterocycles. The second-order valence-electron chi connectivity index (χ2n) is 4.53. The van der Waals surface area contributed by atoms with Gasteiger partial charge in [0.1, 0.15) is 5.82 Å². The summed E-state index contributed by atoms with van der Waals surface area (Å²) in [7, 11) is 1.67. The van der Waals surface area contributed by atoms with Crippen LogP contribution in [-0.4, -0.2) is 19.8 Å². The number of aryl methyl sites for hydroxylation is 1. The first-order chi connectivity index (χ1) is 7.95. The van der Waals surface area contributed by atoms with Gasteiger partial charge in [-0.1, -0.05) is 13.8 Å². The van der Waals surface area contributed by atoms with Crippen molar-refractivity contribution in [1.29, 1.82) is 0 Å². The van der Waals surface area contributed by atoms with E-state index in [4.69, 9.17) is 4.74 Å². The van der Waals surface area contributed by atoms with E-state index in [0.29, 0.717) is 17.0 Å². The molecule has 1 rings (SSSR count). The van der Waals surface area contributed by atoms with E-state index < -0.39 is 0 Å². The largest absolute Gasteiger partial charge is 0.383 e. The molecule has 0 aliphatic heterocycles. The Kier molecular flexibility index (Phi) is 5.40. The number of ether oxygens (including phenoxy) is 1. The molecule has 0 heterocycles. The number of halogens is 2. The topological polar surface area (TPSA) is 21.3 Å². The second-order valence-corrected chi connectivity index (χ2v) is 5.39. The van der Waals surface area contributed by atoms with Crippen LogP contribution in [0.3, 0.4) is 0 Å². The van der Waals surface area contributed by atoms with Crippen molar-refractivity contribution in [3.8, 4) is 0 Å². The number of hydrogen-bond acceptors (Lipinski definition) is 2. The van der Waals surface area contributed by atoms with Crippen molar-refractivity contribution >= 4 is 21.6 Å². The van der Waals surface area contributed by atoms with Crippen LogP contribution in [-0.2, 0) is 4.74 Å². The second kappa shape index (κ2) is 6.36. The average Bonchev–Trinajstić information content (AvgIpc) is 2.24. The van der Waals surface area contributed by atoms with Gasteiger partial charge in [-0.25, -0.2) is 4.39 Å². The number of benzene rings is 1. The van der Waals surface area contributed by atoms with E-state index in [9.17, 15) is 4.39 Å². The fraction of sp³-hybridized carbons (Fsp3) is 0.538. The van der Waals surface area contributed by atoms with Crippen molar-refractivity contribution in [2.45, 2.75) is 26.8 Å². The van der Waals surface area contributed by atoms with Gasteiger partial charge in [0, 0.05) is 12.8 Å². The number of nitrogens with one attached hydrogen (secondary N) is 1. The Labute approximate surface area is 111 Å². The summed E-state index contributed by atoms with van der Waals surface area (Å²) < 4.78 is 19.1. The quantitative estimate of drug-likeness (QED) is 0.888. The number of anilines is 1. The van der Waals surface area contributed by atoms with Crippen LogP contribution in [0.15, 0.2) is 16.6 Å². The van der Waals surface area contributed by atoms with Crippen LogP contribution in [0, 0.1) is 18.7 Å². The zero-order valence-corrected chi connectivity index (χ0v) is 12.3. The zero-order chi connectivity index (χ0) is 13.0. The van der Waals surface area contributed by atoms with Gasteiger partial charge < -0.3 is 10.1 Å². The third-order valence-corrected chi connectivity index (χ3v) is 3.37. The first kappa shape index (κ1) is 14.5.